The Kier molecular flexibility index (Phi) is 6.65. The Labute approximate surface area is 135 Å². The van der Waals surface area contributed by atoms with Gasteiger partial charge in [-0.2, -0.15) is 0 Å². The van der Waals surface area contributed by atoms with Gasteiger partial charge in [0, 0.05) is 8.07 Å². The third-order valence-corrected chi connectivity index (χ3v) is 8.96. The van der Waals surface area contributed by atoms with Gasteiger partial charge in [0.25, 0.3) is 0 Å². The molecule has 2 heteroatoms. The van der Waals surface area contributed by atoms with Crippen molar-refractivity contribution in [2.45, 2.75) is 102 Å². The van der Waals surface area contributed by atoms with Crippen molar-refractivity contribution in [2.24, 2.45) is 5.92 Å². The molecule has 1 atom stereocenters. The second-order valence-electron chi connectivity index (χ2n) is 8.78. The molecule has 2 bridgehead atoms. The standard InChI is InChI=1S/C19H37BSi/c1-5-6-7-8-9-16-20-18-14-10-12-17(13-11-15-18)19(20)21(2,3)4/h9,16-19H,5-8,10-15H2,1-4H3/b16-9+. The Morgan fingerprint density at radius 1 is 1.00 bits per heavy atom. The predicted molar refractivity (Wildman–Crippen MR) is 101 cm³/mol. The van der Waals surface area contributed by atoms with Crippen molar-refractivity contribution < 1.29 is 0 Å². The first-order valence-electron chi connectivity index (χ1n) is 9.70. The summed E-state index contributed by atoms with van der Waals surface area (Å²) in [6, 6.07) is 0. The zero-order chi connectivity index (χ0) is 15.3. The monoisotopic (exact) mass is 304 g/mol. The van der Waals surface area contributed by atoms with E-state index in [0.29, 0.717) is 0 Å². The van der Waals surface area contributed by atoms with Crippen molar-refractivity contribution in [3.05, 3.63) is 12.1 Å². The molecule has 0 spiro atoms. The Morgan fingerprint density at radius 3 is 2.24 bits per heavy atom. The van der Waals surface area contributed by atoms with Crippen LogP contribution >= 0.6 is 0 Å². The van der Waals surface area contributed by atoms with E-state index in [1.807, 2.05) is 0 Å². The maximum atomic E-state index is 2.70. The topological polar surface area (TPSA) is 0 Å². The number of rotatable bonds is 6. The van der Waals surface area contributed by atoms with Crippen LogP contribution in [0.3, 0.4) is 0 Å². The summed E-state index contributed by atoms with van der Waals surface area (Å²) in [5.74, 6) is 4.76. The lowest BCUT2D eigenvalue weighted by Crippen LogP contribution is -2.42. The van der Waals surface area contributed by atoms with Crippen molar-refractivity contribution in [3.8, 4) is 0 Å². The molecular formula is C19H37BSi. The van der Waals surface area contributed by atoms with Crippen LogP contribution in [0.15, 0.2) is 12.1 Å². The van der Waals surface area contributed by atoms with Gasteiger partial charge < -0.3 is 0 Å². The summed E-state index contributed by atoms with van der Waals surface area (Å²) in [5, 5.41) is 0. The van der Waals surface area contributed by atoms with E-state index < -0.39 is 8.07 Å². The van der Waals surface area contributed by atoms with Crippen molar-refractivity contribution in [1.29, 1.82) is 0 Å². The van der Waals surface area contributed by atoms with Crippen molar-refractivity contribution >= 4 is 14.8 Å². The van der Waals surface area contributed by atoms with E-state index in [1.165, 1.54) is 64.2 Å². The van der Waals surface area contributed by atoms with Gasteiger partial charge in [-0.25, -0.2) is 0 Å². The molecule has 2 heterocycles. The molecule has 2 fully saturated rings. The summed E-state index contributed by atoms with van der Waals surface area (Å²) in [5.41, 5.74) is 1.05. The lowest BCUT2D eigenvalue weighted by atomic mass is 9.37. The first kappa shape index (κ1) is 17.4. The molecule has 21 heavy (non-hydrogen) atoms. The van der Waals surface area contributed by atoms with E-state index in [2.05, 4.69) is 38.6 Å². The maximum Gasteiger partial charge on any atom is 0.169 e. The first-order valence-corrected chi connectivity index (χ1v) is 13.3. The fourth-order valence-corrected chi connectivity index (χ4v) is 8.54. The van der Waals surface area contributed by atoms with Crippen LogP contribution in [0, 0.1) is 5.92 Å². The lowest BCUT2D eigenvalue weighted by Gasteiger charge is -2.38. The molecule has 0 aromatic carbocycles. The van der Waals surface area contributed by atoms with Crippen LogP contribution in [0.25, 0.3) is 0 Å². The third kappa shape index (κ3) is 4.74. The van der Waals surface area contributed by atoms with Crippen LogP contribution in [0.2, 0.25) is 30.9 Å². The van der Waals surface area contributed by atoms with Crippen LogP contribution in [-0.2, 0) is 0 Å². The van der Waals surface area contributed by atoms with Crippen LogP contribution in [0.4, 0.5) is 0 Å². The van der Waals surface area contributed by atoms with Crippen LogP contribution in [0.5, 0.6) is 0 Å². The van der Waals surface area contributed by atoms with Gasteiger partial charge in [0.1, 0.15) is 0 Å². The predicted octanol–water partition coefficient (Wildman–Crippen LogP) is 6.76. The normalized spacial score (nSPS) is 30.7. The van der Waals surface area contributed by atoms with E-state index in [9.17, 15) is 0 Å². The molecule has 0 saturated carbocycles. The van der Waals surface area contributed by atoms with Crippen LogP contribution in [-0.4, -0.2) is 14.8 Å². The zero-order valence-corrected chi connectivity index (χ0v) is 16.0. The highest BCUT2D eigenvalue weighted by Gasteiger charge is 2.45. The van der Waals surface area contributed by atoms with Gasteiger partial charge >= 0.3 is 0 Å². The summed E-state index contributed by atoms with van der Waals surface area (Å²) < 4.78 is 0. The quantitative estimate of drug-likeness (QED) is 0.375. The molecule has 2 rings (SSSR count). The van der Waals surface area contributed by atoms with Gasteiger partial charge in [-0.1, -0.05) is 95.3 Å². The molecule has 0 nitrogen and oxygen atoms in total. The SMILES string of the molecule is CCCCC/C=C/B1C2CCCC(CCC2)C1[Si](C)(C)C. The van der Waals surface area contributed by atoms with Crippen LogP contribution in [0.1, 0.15) is 71.1 Å². The Balaban J connectivity index is 2.12. The molecular weight excluding hydrogens is 267 g/mol. The van der Waals surface area contributed by atoms with Gasteiger partial charge in [0.15, 0.2) is 6.71 Å². The Morgan fingerprint density at radius 2 is 1.67 bits per heavy atom. The summed E-state index contributed by atoms with van der Waals surface area (Å²) in [6.45, 7) is 11.1. The average molecular weight is 304 g/mol. The largest absolute Gasteiger partial charge is 0.169 e. The highest BCUT2D eigenvalue weighted by molar-refractivity contribution is 6.92. The molecule has 2 aliphatic rings. The van der Waals surface area contributed by atoms with Gasteiger partial charge in [-0.15, -0.1) is 5.98 Å². The maximum absolute atomic E-state index is 2.70. The molecule has 2 aliphatic heterocycles. The lowest BCUT2D eigenvalue weighted by molar-refractivity contribution is 0.411. The van der Waals surface area contributed by atoms with Gasteiger partial charge in [0.05, 0.1) is 0 Å². The van der Waals surface area contributed by atoms with Crippen LogP contribution < -0.4 is 0 Å². The molecule has 0 N–H and O–H groups in total. The minimum atomic E-state index is -1.06. The summed E-state index contributed by atoms with van der Waals surface area (Å²) in [6.07, 6.45) is 17.1. The van der Waals surface area contributed by atoms with E-state index in [-0.39, 0.29) is 0 Å². The Hall–Kier alpha value is 0.0218. The molecule has 0 radical (unpaired) electrons. The van der Waals surface area contributed by atoms with E-state index in [1.54, 1.807) is 0 Å². The number of unbranched alkanes of at least 4 members (excludes halogenated alkanes) is 3. The molecule has 2 saturated heterocycles. The number of hydrogen-bond donors (Lipinski definition) is 0. The smallest absolute Gasteiger partial charge is 0.119 e. The number of fused-ring (bicyclic) bond motifs is 3. The molecule has 0 aliphatic carbocycles. The van der Waals surface area contributed by atoms with E-state index in [4.69, 9.17) is 0 Å². The van der Waals surface area contributed by atoms with E-state index >= 15 is 0 Å². The minimum Gasteiger partial charge on any atom is -0.119 e. The fraction of sp³-hybridized carbons (Fsp3) is 0.895. The summed E-state index contributed by atoms with van der Waals surface area (Å²) in [7, 11) is -1.06. The molecule has 120 valence electrons. The second kappa shape index (κ2) is 8.04. The highest BCUT2D eigenvalue weighted by Crippen LogP contribution is 2.50. The fourth-order valence-electron chi connectivity index (χ4n) is 5.25. The van der Waals surface area contributed by atoms with Crippen molar-refractivity contribution in [3.63, 3.8) is 0 Å². The van der Waals surface area contributed by atoms with E-state index in [0.717, 1.165) is 23.9 Å². The number of hydrogen-bond acceptors (Lipinski definition) is 0. The molecule has 0 amide bonds. The van der Waals surface area contributed by atoms with Gasteiger partial charge in [0.2, 0.25) is 0 Å². The van der Waals surface area contributed by atoms with Gasteiger partial charge in [-0.3, -0.25) is 0 Å². The molecule has 0 aromatic rings. The van der Waals surface area contributed by atoms with Gasteiger partial charge in [-0.05, 0) is 18.8 Å². The molecule has 0 aromatic heterocycles. The second-order valence-corrected chi connectivity index (χ2v) is 14.2. The average Bonchev–Trinajstić information content (AvgIpc) is 2.65. The zero-order valence-electron chi connectivity index (χ0n) is 15.0. The van der Waals surface area contributed by atoms with Crippen molar-refractivity contribution in [1.82, 2.24) is 0 Å². The Bertz CT molecular complexity index is 321. The number of allylic oxidation sites excluding steroid dienone is 1. The summed E-state index contributed by atoms with van der Waals surface area (Å²) >= 11 is 0. The van der Waals surface area contributed by atoms with Crippen molar-refractivity contribution in [2.75, 3.05) is 0 Å². The highest BCUT2D eigenvalue weighted by atomic mass is 28.3. The molecule has 1 unspecified atom stereocenters. The first-order chi connectivity index (χ1) is 10.0. The summed E-state index contributed by atoms with van der Waals surface area (Å²) in [4.78, 5) is 0. The third-order valence-electron chi connectivity index (χ3n) is 6.10. The minimum absolute atomic E-state index is 0.924.